The molecule has 2 saturated carbocycles. The van der Waals surface area contributed by atoms with Crippen molar-refractivity contribution in [1.82, 2.24) is 0 Å². The Morgan fingerprint density at radius 3 is 2.11 bits per heavy atom. The highest BCUT2D eigenvalue weighted by molar-refractivity contribution is 5.37. The van der Waals surface area contributed by atoms with Gasteiger partial charge in [0.05, 0.1) is 0 Å². The van der Waals surface area contributed by atoms with Gasteiger partial charge in [-0.3, -0.25) is 0 Å². The SMILES string of the molecule is C=CC1(Cc2cc(C)ccc2C2CCC(F)(F)CC2)CC1.CCC(C)(C)C. The van der Waals surface area contributed by atoms with Crippen molar-refractivity contribution in [2.45, 2.75) is 97.8 Å². The first kappa shape index (κ1) is 22.1. The van der Waals surface area contributed by atoms with Gasteiger partial charge in [0, 0.05) is 12.8 Å². The average molecular weight is 377 g/mol. The zero-order valence-corrected chi connectivity index (χ0v) is 18.0. The molecule has 0 aliphatic heterocycles. The molecule has 0 heterocycles. The molecule has 1 aromatic rings. The van der Waals surface area contributed by atoms with Gasteiger partial charge in [0.1, 0.15) is 0 Å². The van der Waals surface area contributed by atoms with Crippen molar-refractivity contribution in [3.63, 3.8) is 0 Å². The molecular weight excluding hydrogens is 338 g/mol. The molecule has 0 saturated heterocycles. The number of alkyl halides is 2. The van der Waals surface area contributed by atoms with Gasteiger partial charge in [-0.05, 0) is 66.9 Å². The maximum absolute atomic E-state index is 13.4. The summed E-state index contributed by atoms with van der Waals surface area (Å²) in [6.45, 7) is 15.0. The summed E-state index contributed by atoms with van der Waals surface area (Å²) in [5.41, 5.74) is 4.75. The first-order chi connectivity index (χ1) is 12.5. The Kier molecular flexibility index (Phi) is 6.92. The molecule has 3 rings (SSSR count). The van der Waals surface area contributed by atoms with Crippen molar-refractivity contribution < 1.29 is 8.78 Å². The number of aryl methyl sites for hydroxylation is 1. The Morgan fingerprint density at radius 1 is 1.11 bits per heavy atom. The molecule has 0 nitrogen and oxygen atoms in total. The predicted octanol–water partition coefficient (Wildman–Crippen LogP) is 8.24. The molecule has 0 amide bonds. The molecule has 0 bridgehead atoms. The molecule has 152 valence electrons. The van der Waals surface area contributed by atoms with E-state index in [-0.39, 0.29) is 18.3 Å². The molecular formula is C25H38F2. The Hall–Kier alpha value is -1.18. The van der Waals surface area contributed by atoms with Crippen LogP contribution >= 0.6 is 0 Å². The third-order valence-electron chi connectivity index (χ3n) is 6.38. The molecule has 27 heavy (non-hydrogen) atoms. The van der Waals surface area contributed by atoms with Crippen LogP contribution in [0.4, 0.5) is 8.78 Å². The van der Waals surface area contributed by atoms with Crippen LogP contribution in [0, 0.1) is 17.8 Å². The van der Waals surface area contributed by atoms with Gasteiger partial charge in [0.25, 0.3) is 0 Å². The monoisotopic (exact) mass is 376 g/mol. The summed E-state index contributed by atoms with van der Waals surface area (Å²) in [6, 6.07) is 6.56. The molecule has 0 aromatic heterocycles. The van der Waals surface area contributed by atoms with E-state index in [4.69, 9.17) is 0 Å². The molecule has 2 heteroatoms. The van der Waals surface area contributed by atoms with Gasteiger partial charge in [0.2, 0.25) is 5.92 Å². The maximum atomic E-state index is 13.4. The second-order valence-corrected chi connectivity index (χ2v) is 9.99. The highest BCUT2D eigenvalue weighted by atomic mass is 19.3. The summed E-state index contributed by atoms with van der Waals surface area (Å²) in [5.74, 6) is -2.14. The first-order valence-corrected chi connectivity index (χ1v) is 10.6. The van der Waals surface area contributed by atoms with Crippen LogP contribution < -0.4 is 0 Å². The summed E-state index contributed by atoms with van der Waals surface area (Å²) in [4.78, 5) is 0. The predicted molar refractivity (Wildman–Crippen MR) is 113 cm³/mol. The lowest BCUT2D eigenvalue weighted by molar-refractivity contribution is -0.0382. The summed E-state index contributed by atoms with van der Waals surface area (Å²) in [6.07, 6.45) is 8.13. The number of rotatable bonds is 4. The van der Waals surface area contributed by atoms with Crippen molar-refractivity contribution in [2.75, 3.05) is 0 Å². The lowest BCUT2D eigenvalue weighted by atomic mass is 9.78. The van der Waals surface area contributed by atoms with Crippen LogP contribution in [0.25, 0.3) is 0 Å². The Morgan fingerprint density at radius 2 is 1.67 bits per heavy atom. The van der Waals surface area contributed by atoms with E-state index >= 15 is 0 Å². The summed E-state index contributed by atoms with van der Waals surface area (Å²) in [7, 11) is 0. The standard InChI is InChI=1S/C19H24F2.C6H14/c1-3-18(10-11-18)13-16-12-14(2)4-5-17(16)15-6-8-19(20,21)9-7-15;1-5-6(2,3)4/h3-5,12,15H,1,6-11,13H2,2H3;5H2,1-4H3. The summed E-state index contributed by atoms with van der Waals surface area (Å²) in [5, 5.41) is 0. The molecule has 0 N–H and O–H groups in total. The molecule has 2 fully saturated rings. The minimum atomic E-state index is -2.44. The fraction of sp³-hybridized carbons (Fsp3) is 0.680. The van der Waals surface area contributed by atoms with Gasteiger partial charge in [-0.1, -0.05) is 64.0 Å². The smallest absolute Gasteiger partial charge is 0.207 e. The van der Waals surface area contributed by atoms with Crippen LogP contribution in [0.3, 0.4) is 0 Å². The summed E-state index contributed by atoms with van der Waals surface area (Å²) < 4.78 is 26.8. The van der Waals surface area contributed by atoms with E-state index in [9.17, 15) is 8.78 Å². The molecule has 1 aromatic carbocycles. The number of allylic oxidation sites excluding steroid dienone is 1. The number of hydrogen-bond acceptors (Lipinski definition) is 0. The van der Waals surface area contributed by atoms with Crippen molar-refractivity contribution >= 4 is 0 Å². The normalized spacial score (nSPS) is 21.1. The van der Waals surface area contributed by atoms with Gasteiger partial charge in [0.15, 0.2) is 0 Å². The van der Waals surface area contributed by atoms with Gasteiger partial charge in [-0.15, -0.1) is 6.58 Å². The van der Waals surface area contributed by atoms with Crippen LogP contribution in [0.15, 0.2) is 30.9 Å². The van der Waals surface area contributed by atoms with Crippen LogP contribution in [-0.4, -0.2) is 5.92 Å². The van der Waals surface area contributed by atoms with E-state index in [1.807, 2.05) is 0 Å². The minimum Gasteiger partial charge on any atom is -0.207 e. The molecule has 0 radical (unpaired) electrons. The van der Waals surface area contributed by atoms with Crippen LogP contribution in [0.2, 0.25) is 0 Å². The third kappa shape index (κ3) is 6.73. The van der Waals surface area contributed by atoms with Gasteiger partial charge >= 0.3 is 0 Å². The van der Waals surface area contributed by atoms with Crippen molar-refractivity contribution in [3.8, 4) is 0 Å². The van der Waals surface area contributed by atoms with Gasteiger partial charge < -0.3 is 0 Å². The van der Waals surface area contributed by atoms with Crippen LogP contribution in [0.1, 0.15) is 95.2 Å². The van der Waals surface area contributed by atoms with Crippen LogP contribution in [-0.2, 0) is 6.42 Å². The second kappa shape index (κ2) is 8.45. The quantitative estimate of drug-likeness (QED) is 0.464. The highest BCUT2D eigenvalue weighted by Gasteiger charge is 2.41. The molecule has 0 atom stereocenters. The van der Waals surface area contributed by atoms with E-state index in [1.165, 1.54) is 36.0 Å². The van der Waals surface area contributed by atoms with Crippen molar-refractivity contribution in [2.24, 2.45) is 10.8 Å². The minimum absolute atomic E-state index is 0.0393. The lowest BCUT2D eigenvalue weighted by Crippen LogP contribution is -2.24. The topological polar surface area (TPSA) is 0 Å². The van der Waals surface area contributed by atoms with E-state index in [0.29, 0.717) is 24.2 Å². The molecule has 0 spiro atoms. The zero-order chi connectivity index (χ0) is 20.3. The van der Waals surface area contributed by atoms with Crippen LogP contribution in [0.5, 0.6) is 0 Å². The number of hydrogen-bond donors (Lipinski definition) is 0. The largest absolute Gasteiger partial charge is 0.248 e. The van der Waals surface area contributed by atoms with Crippen molar-refractivity contribution in [3.05, 3.63) is 47.5 Å². The Balaban J connectivity index is 0.000000380. The van der Waals surface area contributed by atoms with E-state index in [2.05, 4.69) is 65.5 Å². The Bertz CT molecular complexity index is 622. The average Bonchev–Trinajstić information content (AvgIpc) is 3.36. The fourth-order valence-corrected chi connectivity index (χ4v) is 3.63. The number of halogens is 2. The summed E-state index contributed by atoms with van der Waals surface area (Å²) >= 11 is 0. The maximum Gasteiger partial charge on any atom is 0.248 e. The van der Waals surface area contributed by atoms with Crippen molar-refractivity contribution in [1.29, 1.82) is 0 Å². The zero-order valence-electron chi connectivity index (χ0n) is 18.0. The lowest BCUT2D eigenvalue weighted by Gasteiger charge is -2.30. The molecule has 2 aliphatic rings. The number of benzene rings is 1. The molecule has 0 unspecified atom stereocenters. The van der Waals surface area contributed by atoms with Gasteiger partial charge in [-0.2, -0.15) is 0 Å². The second-order valence-electron chi connectivity index (χ2n) is 9.99. The van der Waals surface area contributed by atoms with E-state index in [1.54, 1.807) is 0 Å². The fourth-order valence-electron chi connectivity index (χ4n) is 3.63. The highest BCUT2D eigenvalue weighted by Crippen LogP contribution is 2.51. The first-order valence-electron chi connectivity index (χ1n) is 10.6. The Labute approximate surface area is 165 Å². The molecule has 2 aliphatic carbocycles. The van der Waals surface area contributed by atoms with Gasteiger partial charge in [-0.25, -0.2) is 8.78 Å². The van der Waals surface area contributed by atoms with E-state index < -0.39 is 5.92 Å². The van der Waals surface area contributed by atoms with E-state index in [0.717, 1.165) is 6.42 Å². The third-order valence-corrected chi connectivity index (χ3v) is 6.38.